The maximum Gasteiger partial charge on any atom is 0.241 e. The van der Waals surface area contributed by atoms with Gasteiger partial charge in [-0.3, -0.25) is 0 Å². The van der Waals surface area contributed by atoms with Crippen LogP contribution in [-0.2, 0) is 16.4 Å². The molecule has 26 heavy (non-hydrogen) atoms. The standard InChI is InChI=1S/C20H23N3O2S/c1-3-4-17-5-11-20(12-6-17)26(24,25)22-16(2)18-7-9-19(10-8-18)23-14-13-21-15-23/h5-16,22H,3-4H2,1-2H3. The molecular weight excluding hydrogens is 346 g/mol. The van der Waals surface area contributed by atoms with Crippen molar-refractivity contribution in [3.8, 4) is 5.69 Å². The molecule has 0 radical (unpaired) electrons. The maximum absolute atomic E-state index is 12.6. The Balaban J connectivity index is 1.72. The zero-order valence-corrected chi connectivity index (χ0v) is 15.8. The van der Waals surface area contributed by atoms with Crippen molar-refractivity contribution in [1.82, 2.24) is 14.3 Å². The van der Waals surface area contributed by atoms with E-state index in [4.69, 9.17) is 0 Å². The zero-order valence-electron chi connectivity index (χ0n) is 15.0. The van der Waals surface area contributed by atoms with Gasteiger partial charge in [0.15, 0.2) is 0 Å². The van der Waals surface area contributed by atoms with Crippen LogP contribution >= 0.6 is 0 Å². The van der Waals surface area contributed by atoms with Crippen LogP contribution in [-0.4, -0.2) is 18.0 Å². The lowest BCUT2D eigenvalue weighted by Gasteiger charge is -2.15. The molecule has 1 unspecified atom stereocenters. The number of hydrogen-bond acceptors (Lipinski definition) is 3. The molecular formula is C20H23N3O2S. The summed E-state index contributed by atoms with van der Waals surface area (Å²) in [5.74, 6) is 0. The van der Waals surface area contributed by atoms with E-state index in [2.05, 4.69) is 16.6 Å². The van der Waals surface area contributed by atoms with Crippen molar-refractivity contribution in [2.24, 2.45) is 0 Å². The first-order valence-corrected chi connectivity index (χ1v) is 10.2. The Bertz CT molecular complexity index is 932. The highest BCUT2D eigenvalue weighted by molar-refractivity contribution is 7.89. The van der Waals surface area contributed by atoms with Gasteiger partial charge in [0.25, 0.3) is 0 Å². The molecule has 3 aromatic rings. The molecule has 1 N–H and O–H groups in total. The van der Waals surface area contributed by atoms with Crippen molar-refractivity contribution in [1.29, 1.82) is 0 Å². The smallest absolute Gasteiger partial charge is 0.241 e. The Kier molecular flexibility index (Phi) is 5.54. The summed E-state index contributed by atoms with van der Waals surface area (Å²) in [4.78, 5) is 4.32. The van der Waals surface area contributed by atoms with Crippen LogP contribution in [0.15, 0.2) is 72.1 Å². The van der Waals surface area contributed by atoms with Crippen LogP contribution in [0, 0.1) is 0 Å². The van der Waals surface area contributed by atoms with Crippen molar-refractivity contribution in [2.75, 3.05) is 0 Å². The molecule has 0 saturated heterocycles. The molecule has 1 atom stereocenters. The second kappa shape index (κ2) is 7.85. The highest BCUT2D eigenvalue weighted by Crippen LogP contribution is 2.19. The van der Waals surface area contributed by atoms with Crippen LogP contribution in [0.1, 0.15) is 37.4 Å². The summed E-state index contributed by atoms with van der Waals surface area (Å²) in [6.07, 6.45) is 7.30. The largest absolute Gasteiger partial charge is 0.306 e. The lowest BCUT2D eigenvalue weighted by Crippen LogP contribution is -2.26. The van der Waals surface area contributed by atoms with E-state index in [9.17, 15) is 8.42 Å². The maximum atomic E-state index is 12.6. The van der Waals surface area contributed by atoms with Crippen molar-refractivity contribution < 1.29 is 8.42 Å². The van der Waals surface area contributed by atoms with Crippen LogP contribution < -0.4 is 4.72 Å². The number of aryl methyl sites for hydroxylation is 1. The molecule has 1 aromatic heterocycles. The second-order valence-electron chi connectivity index (χ2n) is 6.30. The summed E-state index contributed by atoms with van der Waals surface area (Å²) in [6, 6.07) is 14.5. The monoisotopic (exact) mass is 369 g/mol. The third-order valence-electron chi connectivity index (χ3n) is 4.30. The van der Waals surface area contributed by atoms with Crippen molar-refractivity contribution in [2.45, 2.75) is 37.6 Å². The lowest BCUT2D eigenvalue weighted by molar-refractivity contribution is 0.567. The van der Waals surface area contributed by atoms with Gasteiger partial charge in [0, 0.05) is 24.1 Å². The fourth-order valence-corrected chi connectivity index (χ4v) is 4.07. The summed E-state index contributed by atoms with van der Waals surface area (Å²) in [5, 5.41) is 0. The topological polar surface area (TPSA) is 64.0 Å². The molecule has 0 bridgehead atoms. The van der Waals surface area contributed by atoms with Gasteiger partial charge in [0.05, 0.1) is 11.2 Å². The van der Waals surface area contributed by atoms with E-state index < -0.39 is 10.0 Å². The summed E-state index contributed by atoms with van der Waals surface area (Å²) >= 11 is 0. The summed E-state index contributed by atoms with van der Waals surface area (Å²) in [6.45, 7) is 3.95. The zero-order chi connectivity index (χ0) is 18.6. The number of benzene rings is 2. The first kappa shape index (κ1) is 18.4. The Morgan fingerprint density at radius 2 is 1.77 bits per heavy atom. The van der Waals surface area contributed by atoms with E-state index in [0.717, 1.165) is 29.7 Å². The first-order valence-electron chi connectivity index (χ1n) is 8.69. The molecule has 0 spiro atoms. The lowest BCUT2D eigenvalue weighted by atomic mass is 10.1. The molecule has 0 fully saturated rings. The van der Waals surface area contributed by atoms with E-state index in [1.807, 2.05) is 54.1 Å². The quantitative estimate of drug-likeness (QED) is 0.688. The Morgan fingerprint density at radius 3 is 2.35 bits per heavy atom. The SMILES string of the molecule is CCCc1ccc(S(=O)(=O)NC(C)c2ccc(-n3ccnc3)cc2)cc1. The predicted molar refractivity (Wildman–Crippen MR) is 103 cm³/mol. The minimum Gasteiger partial charge on any atom is -0.306 e. The third-order valence-corrected chi connectivity index (χ3v) is 5.86. The molecule has 0 aliphatic carbocycles. The second-order valence-corrected chi connectivity index (χ2v) is 8.01. The van der Waals surface area contributed by atoms with Crippen LogP contribution in [0.4, 0.5) is 0 Å². The van der Waals surface area contributed by atoms with Crippen molar-refractivity contribution in [3.05, 3.63) is 78.4 Å². The van der Waals surface area contributed by atoms with E-state index in [-0.39, 0.29) is 6.04 Å². The van der Waals surface area contributed by atoms with Crippen LogP contribution in [0.3, 0.4) is 0 Å². The summed E-state index contributed by atoms with van der Waals surface area (Å²) in [7, 11) is -3.56. The van der Waals surface area contributed by atoms with Gasteiger partial charge < -0.3 is 4.57 Å². The Labute approximate surface area is 154 Å². The highest BCUT2D eigenvalue weighted by atomic mass is 32.2. The Morgan fingerprint density at radius 1 is 1.08 bits per heavy atom. The molecule has 0 aliphatic heterocycles. The molecule has 5 nitrogen and oxygen atoms in total. The number of rotatable bonds is 7. The van der Waals surface area contributed by atoms with E-state index in [1.54, 1.807) is 24.7 Å². The fraction of sp³-hybridized carbons (Fsp3) is 0.250. The number of sulfonamides is 1. The van der Waals surface area contributed by atoms with Gasteiger partial charge in [-0.05, 0) is 48.7 Å². The van der Waals surface area contributed by atoms with E-state index >= 15 is 0 Å². The predicted octanol–water partition coefficient (Wildman–Crippen LogP) is 3.86. The summed E-state index contributed by atoms with van der Waals surface area (Å²) < 4.78 is 29.9. The van der Waals surface area contributed by atoms with Gasteiger partial charge in [0.1, 0.15) is 0 Å². The van der Waals surface area contributed by atoms with Gasteiger partial charge in [-0.25, -0.2) is 18.1 Å². The van der Waals surface area contributed by atoms with Gasteiger partial charge in [0.2, 0.25) is 10.0 Å². The average Bonchev–Trinajstić information content (AvgIpc) is 3.17. The number of nitrogens with zero attached hydrogens (tertiary/aromatic N) is 2. The molecule has 136 valence electrons. The molecule has 3 rings (SSSR count). The molecule has 6 heteroatoms. The average molecular weight is 369 g/mol. The first-order chi connectivity index (χ1) is 12.5. The van der Waals surface area contributed by atoms with E-state index in [1.165, 1.54) is 0 Å². The van der Waals surface area contributed by atoms with Gasteiger partial charge >= 0.3 is 0 Å². The van der Waals surface area contributed by atoms with Gasteiger partial charge in [-0.2, -0.15) is 0 Å². The molecule has 1 heterocycles. The normalized spacial score (nSPS) is 12.8. The van der Waals surface area contributed by atoms with Crippen molar-refractivity contribution in [3.63, 3.8) is 0 Å². The number of hydrogen-bond donors (Lipinski definition) is 1. The Hall–Kier alpha value is -2.44. The van der Waals surface area contributed by atoms with Crippen molar-refractivity contribution >= 4 is 10.0 Å². The highest BCUT2D eigenvalue weighted by Gasteiger charge is 2.18. The molecule has 0 amide bonds. The number of nitrogens with one attached hydrogen (secondary N) is 1. The van der Waals surface area contributed by atoms with Gasteiger partial charge in [-0.1, -0.05) is 37.6 Å². The third kappa shape index (κ3) is 4.20. The summed E-state index contributed by atoms with van der Waals surface area (Å²) in [5.41, 5.74) is 3.03. The van der Waals surface area contributed by atoms with Gasteiger partial charge in [-0.15, -0.1) is 0 Å². The minimum absolute atomic E-state index is 0.291. The fourth-order valence-electron chi connectivity index (χ4n) is 2.84. The number of aromatic nitrogens is 2. The van der Waals surface area contributed by atoms with Crippen LogP contribution in [0.2, 0.25) is 0 Å². The molecule has 0 saturated carbocycles. The van der Waals surface area contributed by atoms with Crippen LogP contribution in [0.25, 0.3) is 5.69 Å². The minimum atomic E-state index is -3.56. The van der Waals surface area contributed by atoms with Crippen LogP contribution in [0.5, 0.6) is 0 Å². The van der Waals surface area contributed by atoms with E-state index in [0.29, 0.717) is 4.90 Å². The molecule has 2 aromatic carbocycles. The number of imidazole rings is 1. The molecule has 0 aliphatic rings.